The first-order chi connectivity index (χ1) is 11.5. The highest BCUT2D eigenvalue weighted by Gasteiger charge is 2.19. The molecule has 0 radical (unpaired) electrons. The highest BCUT2D eigenvalue weighted by molar-refractivity contribution is 9.10. The number of carboxylic acids is 1. The summed E-state index contributed by atoms with van der Waals surface area (Å²) in [5.41, 5.74) is 1.11. The molecule has 0 atom stereocenters. The molecule has 0 heterocycles. The van der Waals surface area contributed by atoms with Crippen molar-refractivity contribution >= 4 is 39.5 Å². The number of halogens is 1. The third kappa shape index (κ3) is 3.83. The monoisotopic (exact) mass is 390 g/mol. The highest BCUT2D eigenvalue weighted by atomic mass is 79.9. The van der Waals surface area contributed by atoms with Crippen molar-refractivity contribution in [2.24, 2.45) is 0 Å². The number of carbonyl (C=O) groups is 2. The van der Waals surface area contributed by atoms with Gasteiger partial charge in [0, 0.05) is 10.0 Å². The lowest BCUT2D eigenvalue weighted by atomic mass is 9.97. The molecule has 0 unspecified atom stereocenters. The molecule has 6 heteroatoms. The fourth-order valence-corrected chi connectivity index (χ4v) is 2.54. The van der Waals surface area contributed by atoms with Crippen molar-refractivity contribution in [2.75, 3.05) is 14.2 Å². The van der Waals surface area contributed by atoms with Gasteiger partial charge in [0.05, 0.1) is 25.4 Å². The van der Waals surface area contributed by atoms with E-state index in [0.29, 0.717) is 11.3 Å². The first-order valence-corrected chi connectivity index (χ1v) is 7.73. The summed E-state index contributed by atoms with van der Waals surface area (Å²) in [6, 6.07) is 11.6. The van der Waals surface area contributed by atoms with E-state index < -0.39 is 11.9 Å². The first-order valence-electron chi connectivity index (χ1n) is 6.94. The van der Waals surface area contributed by atoms with Crippen LogP contribution in [0.3, 0.4) is 0 Å². The Kier molecular flexibility index (Phi) is 5.76. The van der Waals surface area contributed by atoms with Crippen molar-refractivity contribution in [3.8, 4) is 5.75 Å². The fourth-order valence-electron chi connectivity index (χ4n) is 2.18. The van der Waals surface area contributed by atoms with Crippen LogP contribution in [0.4, 0.5) is 0 Å². The van der Waals surface area contributed by atoms with Crippen molar-refractivity contribution < 1.29 is 24.2 Å². The van der Waals surface area contributed by atoms with E-state index in [1.165, 1.54) is 20.3 Å². The average Bonchev–Trinajstić information content (AvgIpc) is 2.60. The molecule has 5 nitrogen and oxygen atoms in total. The Morgan fingerprint density at radius 1 is 1.08 bits per heavy atom. The molecule has 0 aliphatic heterocycles. The zero-order valence-electron chi connectivity index (χ0n) is 13.1. The Hall–Kier alpha value is -2.60. The predicted molar refractivity (Wildman–Crippen MR) is 94.0 cm³/mol. The van der Waals surface area contributed by atoms with Gasteiger partial charge in [-0.1, -0.05) is 34.1 Å². The van der Waals surface area contributed by atoms with Gasteiger partial charge in [-0.15, -0.1) is 0 Å². The third-order valence-corrected chi connectivity index (χ3v) is 4.08. The largest absolute Gasteiger partial charge is 0.497 e. The number of methoxy groups -OCH3 is 2. The Morgan fingerprint density at radius 3 is 2.33 bits per heavy atom. The van der Waals surface area contributed by atoms with Gasteiger partial charge in [0.1, 0.15) is 5.75 Å². The van der Waals surface area contributed by atoms with E-state index in [0.717, 1.165) is 4.47 Å². The van der Waals surface area contributed by atoms with Crippen LogP contribution in [0, 0.1) is 0 Å². The lowest BCUT2D eigenvalue weighted by Crippen LogP contribution is -2.09. The van der Waals surface area contributed by atoms with Crippen molar-refractivity contribution in [2.45, 2.75) is 0 Å². The topological polar surface area (TPSA) is 72.8 Å². The minimum Gasteiger partial charge on any atom is -0.497 e. The minimum absolute atomic E-state index is 0.0215. The van der Waals surface area contributed by atoms with E-state index in [4.69, 9.17) is 9.47 Å². The quantitative estimate of drug-likeness (QED) is 0.476. The molecular weight excluding hydrogens is 376 g/mol. The zero-order valence-corrected chi connectivity index (χ0v) is 14.7. The number of esters is 1. The molecule has 0 bridgehead atoms. The lowest BCUT2D eigenvalue weighted by Gasteiger charge is -2.10. The molecule has 0 spiro atoms. The molecular formula is C18H15BrO5. The number of carboxylic acid groups (broad SMARTS) is 1. The maximum Gasteiger partial charge on any atom is 0.338 e. The van der Waals surface area contributed by atoms with Crippen LogP contribution in [0.1, 0.15) is 21.5 Å². The number of hydrogen-bond acceptors (Lipinski definition) is 4. The Morgan fingerprint density at radius 2 is 1.75 bits per heavy atom. The molecule has 124 valence electrons. The van der Waals surface area contributed by atoms with Gasteiger partial charge in [0.2, 0.25) is 0 Å². The van der Waals surface area contributed by atoms with E-state index in [2.05, 4.69) is 15.9 Å². The van der Waals surface area contributed by atoms with Gasteiger partial charge in [-0.2, -0.15) is 0 Å². The summed E-state index contributed by atoms with van der Waals surface area (Å²) in [6.07, 6.45) is 1.57. The maximum absolute atomic E-state index is 12.2. The number of hydrogen-bond donors (Lipinski definition) is 1. The zero-order chi connectivity index (χ0) is 17.7. The van der Waals surface area contributed by atoms with Crippen LogP contribution >= 0.6 is 15.9 Å². The second-order valence-corrected chi connectivity index (χ2v) is 5.64. The molecule has 0 aromatic heterocycles. The molecule has 0 aliphatic carbocycles. The van der Waals surface area contributed by atoms with Gasteiger partial charge in [-0.25, -0.2) is 9.59 Å². The lowest BCUT2D eigenvalue weighted by molar-refractivity contribution is -0.133. The van der Waals surface area contributed by atoms with Crippen LogP contribution in [0.2, 0.25) is 0 Å². The smallest absolute Gasteiger partial charge is 0.338 e. The van der Waals surface area contributed by atoms with Gasteiger partial charge in [0.15, 0.2) is 0 Å². The Balaban J connectivity index is 2.67. The predicted octanol–water partition coefficient (Wildman–Crippen LogP) is 3.87. The van der Waals surface area contributed by atoms with Crippen molar-refractivity contribution in [1.29, 1.82) is 0 Å². The summed E-state index contributed by atoms with van der Waals surface area (Å²) >= 11 is 3.41. The molecule has 0 amide bonds. The molecule has 24 heavy (non-hydrogen) atoms. The van der Waals surface area contributed by atoms with Crippen LogP contribution in [-0.2, 0) is 9.53 Å². The van der Waals surface area contributed by atoms with E-state index in [-0.39, 0.29) is 16.7 Å². The van der Waals surface area contributed by atoms with Crippen LogP contribution in [0.25, 0.3) is 11.6 Å². The molecule has 0 saturated carbocycles. The van der Waals surface area contributed by atoms with Gasteiger partial charge < -0.3 is 14.6 Å². The van der Waals surface area contributed by atoms with E-state index >= 15 is 0 Å². The molecule has 1 N–H and O–H groups in total. The highest BCUT2D eigenvalue weighted by Crippen LogP contribution is 2.29. The Labute approximate surface area is 147 Å². The van der Waals surface area contributed by atoms with Gasteiger partial charge in [-0.05, 0) is 35.9 Å². The average molecular weight is 391 g/mol. The van der Waals surface area contributed by atoms with Gasteiger partial charge in [-0.3, -0.25) is 0 Å². The van der Waals surface area contributed by atoms with Gasteiger partial charge >= 0.3 is 11.9 Å². The summed E-state index contributed by atoms with van der Waals surface area (Å²) in [7, 11) is 2.79. The summed E-state index contributed by atoms with van der Waals surface area (Å²) < 4.78 is 10.7. The first kappa shape index (κ1) is 17.7. The molecule has 2 rings (SSSR count). The maximum atomic E-state index is 12.2. The molecule has 0 aliphatic rings. The van der Waals surface area contributed by atoms with E-state index in [1.54, 1.807) is 42.5 Å². The third-order valence-electron chi connectivity index (χ3n) is 3.36. The van der Waals surface area contributed by atoms with E-state index in [9.17, 15) is 14.7 Å². The van der Waals surface area contributed by atoms with Crippen LogP contribution in [0.15, 0.2) is 46.9 Å². The molecule has 2 aromatic carbocycles. The second kappa shape index (κ2) is 7.79. The molecule has 2 aromatic rings. The summed E-state index contributed by atoms with van der Waals surface area (Å²) in [5.74, 6) is -1.14. The Bertz CT molecular complexity index is 811. The minimum atomic E-state index is -1.12. The van der Waals surface area contributed by atoms with Crippen molar-refractivity contribution in [3.63, 3.8) is 0 Å². The van der Waals surface area contributed by atoms with Crippen molar-refractivity contribution in [3.05, 3.63) is 63.6 Å². The summed E-state index contributed by atoms with van der Waals surface area (Å²) in [5, 5.41) is 9.36. The van der Waals surface area contributed by atoms with Crippen LogP contribution < -0.4 is 4.74 Å². The van der Waals surface area contributed by atoms with Crippen LogP contribution in [-0.4, -0.2) is 31.3 Å². The number of carbonyl (C=O) groups excluding carboxylic acids is 1. The number of ether oxygens (including phenoxy) is 2. The second-order valence-electron chi connectivity index (χ2n) is 4.79. The standard InChI is InChI=1S/C18H15BrO5/c1-23-12-7-8-16(19)11(9-12)10-15(18(22)24-2)13-5-3-4-6-14(13)17(20)21/h3-10H,1-2H3,(H,20,21)/b15-10-. The van der Waals surface area contributed by atoms with E-state index in [1.807, 2.05) is 0 Å². The SMILES string of the molecule is COC(=O)/C(=C\c1cc(OC)ccc1Br)c1ccccc1C(=O)O. The number of benzene rings is 2. The number of aromatic carboxylic acids is 1. The normalized spacial score (nSPS) is 11.0. The number of rotatable bonds is 5. The fraction of sp³-hybridized carbons (Fsp3) is 0.111. The van der Waals surface area contributed by atoms with Crippen LogP contribution in [0.5, 0.6) is 5.75 Å². The summed E-state index contributed by atoms with van der Waals surface area (Å²) in [6.45, 7) is 0. The van der Waals surface area contributed by atoms with Crippen molar-refractivity contribution in [1.82, 2.24) is 0 Å². The molecule has 0 saturated heterocycles. The van der Waals surface area contributed by atoms with Gasteiger partial charge in [0.25, 0.3) is 0 Å². The summed E-state index contributed by atoms with van der Waals surface area (Å²) in [4.78, 5) is 23.7. The molecule has 0 fully saturated rings.